The first-order valence-corrected chi connectivity index (χ1v) is 10.2. The number of carboxylic acid groups (broad SMARTS) is 1. The average molecular weight is 398 g/mol. The minimum Gasteiger partial charge on any atom is -0.463 e. The van der Waals surface area contributed by atoms with Gasteiger partial charge in [0.15, 0.2) is 0 Å². The summed E-state index contributed by atoms with van der Waals surface area (Å²) in [6.07, 6.45) is 2.01. The molecule has 0 heterocycles. The molecule has 4 atom stereocenters. The van der Waals surface area contributed by atoms with Gasteiger partial charge >= 0.3 is 12.2 Å². The van der Waals surface area contributed by atoms with Crippen LogP contribution in [-0.2, 0) is 14.4 Å². The van der Waals surface area contributed by atoms with Gasteiger partial charge in [-0.05, 0) is 70.1 Å². The van der Waals surface area contributed by atoms with Crippen molar-refractivity contribution in [1.82, 2.24) is 5.06 Å². The zero-order chi connectivity index (χ0) is 21.3. The summed E-state index contributed by atoms with van der Waals surface area (Å²) in [5.74, 6) is 1.36. The third kappa shape index (κ3) is 5.61. The Bertz CT molecular complexity index is 603. The van der Waals surface area contributed by atoms with Gasteiger partial charge in [-0.2, -0.15) is 0 Å². The topological polar surface area (TPSA) is 93.1 Å². The molecule has 7 nitrogen and oxygen atoms in total. The van der Waals surface area contributed by atoms with Crippen LogP contribution in [0, 0.1) is 29.1 Å². The second-order valence-corrected chi connectivity index (χ2v) is 10.3. The van der Waals surface area contributed by atoms with Gasteiger partial charge in [-0.15, -0.1) is 5.06 Å². The monoisotopic (exact) mass is 397 g/mol. The Morgan fingerprint density at radius 2 is 1.82 bits per heavy atom. The Kier molecular flexibility index (Phi) is 6.66. The van der Waals surface area contributed by atoms with E-state index in [-0.39, 0.29) is 29.7 Å². The molecule has 0 aromatic heterocycles. The van der Waals surface area contributed by atoms with Crippen molar-refractivity contribution in [1.29, 1.82) is 0 Å². The maximum Gasteiger partial charge on any atom is 0.534 e. The van der Waals surface area contributed by atoms with Crippen LogP contribution in [-0.4, -0.2) is 40.3 Å². The summed E-state index contributed by atoms with van der Waals surface area (Å²) in [6, 6.07) is 0. The van der Waals surface area contributed by atoms with Gasteiger partial charge in [-0.1, -0.05) is 20.8 Å². The van der Waals surface area contributed by atoms with E-state index in [0.717, 1.165) is 19.3 Å². The number of carbonyl (C=O) groups excluding carboxylic acids is 2. The van der Waals surface area contributed by atoms with Gasteiger partial charge < -0.3 is 14.7 Å². The molecule has 1 amide bonds. The van der Waals surface area contributed by atoms with E-state index < -0.39 is 17.8 Å². The zero-order valence-corrected chi connectivity index (χ0v) is 18.0. The van der Waals surface area contributed by atoms with Crippen molar-refractivity contribution in [2.75, 3.05) is 6.54 Å². The van der Waals surface area contributed by atoms with Crippen molar-refractivity contribution >= 4 is 18.0 Å². The van der Waals surface area contributed by atoms with E-state index >= 15 is 0 Å². The van der Waals surface area contributed by atoms with E-state index in [0.29, 0.717) is 29.6 Å². The number of hydrogen-bond acceptors (Lipinski definition) is 5. The number of hydrogen-bond donors (Lipinski definition) is 1. The molecule has 1 N–H and O–H groups in total. The van der Waals surface area contributed by atoms with Crippen molar-refractivity contribution in [3.63, 3.8) is 0 Å². The first-order chi connectivity index (χ1) is 12.8. The fourth-order valence-electron chi connectivity index (χ4n) is 4.78. The van der Waals surface area contributed by atoms with Crippen LogP contribution in [0.5, 0.6) is 0 Å². The second kappa shape index (κ2) is 8.29. The predicted octanol–water partition coefficient (Wildman–Crippen LogP) is 4.89. The molecule has 1 unspecified atom stereocenters. The van der Waals surface area contributed by atoms with Crippen LogP contribution in [0.3, 0.4) is 0 Å². The standard InChI is InChI=1S/C21H35NO6/c1-20(2,3)15(16-13-9-10-14(12-13)17(16)23)8-7-11-22(18(24)25)28-19(26)27-21(4,5)6/h13-16H,7-12H2,1-6H3,(H,24,25)/t13-,14+,15?,16+/m1/s1. The van der Waals surface area contributed by atoms with E-state index in [1.807, 2.05) is 0 Å². The van der Waals surface area contributed by atoms with Crippen LogP contribution < -0.4 is 0 Å². The molecule has 28 heavy (non-hydrogen) atoms. The highest BCUT2D eigenvalue weighted by Crippen LogP contribution is 2.53. The lowest BCUT2D eigenvalue weighted by molar-refractivity contribution is -0.130. The molecule has 7 heteroatoms. The SMILES string of the molecule is CC(C)(C)OC(=O)ON(CCCC([C@H]1C(=O)[C@H]2CC[C@@H]1C2)C(C)(C)C)C(=O)O. The molecule has 0 spiro atoms. The number of fused-ring (bicyclic) bond motifs is 2. The largest absolute Gasteiger partial charge is 0.534 e. The molecule has 2 rings (SSSR count). The molecule has 160 valence electrons. The number of Topliss-reactive ketones (excluding diaryl/α,β-unsaturated/α-hetero) is 1. The molecule has 0 saturated heterocycles. The van der Waals surface area contributed by atoms with Crippen molar-refractivity contribution in [3.8, 4) is 0 Å². The summed E-state index contributed by atoms with van der Waals surface area (Å²) in [4.78, 5) is 40.8. The molecule has 2 fully saturated rings. The third-order valence-corrected chi connectivity index (χ3v) is 5.92. The Labute approximate surface area is 167 Å². The van der Waals surface area contributed by atoms with Gasteiger partial charge in [-0.3, -0.25) is 4.79 Å². The Balaban J connectivity index is 1.95. The third-order valence-electron chi connectivity index (χ3n) is 5.92. The first kappa shape index (κ1) is 22.5. The van der Waals surface area contributed by atoms with Crippen LogP contribution in [0.4, 0.5) is 9.59 Å². The zero-order valence-electron chi connectivity index (χ0n) is 18.0. The minimum absolute atomic E-state index is 0.0507. The van der Waals surface area contributed by atoms with Crippen molar-refractivity contribution in [2.45, 2.75) is 79.2 Å². The van der Waals surface area contributed by atoms with Gasteiger partial charge in [0.25, 0.3) is 0 Å². The second-order valence-electron chi connectivity index (χ2n) is 10.3. The molecule has 0 aromatic carbocycles. The molecule has 0 radical (unpaired) electrons. The Morgan fingerprint density at radius 1 is 1.18 bits per heavy atom. The van der Waals surface area contributed by atoms with Crippen molar-refractivity contribution in [3.05, 3.63) is 0 Å². The van der Waals surface area contributed by atoms with E-state index in [1.54, 1.807) is 20.8 Å². The number of rotatable bonds is 5. The van der Waals surface area contributed by atoms with E-state index in [1.165, 1.54) is 0 Å². The predicted molar refractivity (Wildman–Crippen MR) is 104 cm³/mol. The summed E-state index contributed by atoms with van der Waals surface area (Å²) in [5.41, 5.74) is -0.814. The number of nitrogens with zero attached hydrogens (tertiary/aromatic N) is 1. The van der Waals surface area contributed by atoms with Crippen LogP contribution in [0.25, 0.3) is 0 Å². The molecule has 2 bridgehead atoms. The van der Waals surface area contributed by atoms with Crippen LogP contribution in [0.2, 0.25) is 0 Å². The molecular weight excluding hydrogens is 362 g/mol. The van der Waals surface area contributed by atoms with Gasteiger partial charge in [0, 0.05) is 11.8 Å². The van der Waals surface area contributed by atoms with Crippen LogP contribution >= 0.6 is 0 Å². The van der Waals surface area contributed by atoms with Crippen LogP contribution in [0.15, 0.2) is 0 Å². The number of carbonyl (C=O) groups is 3. The maximum atomic E-state index is 12.7. The first-order valence-electron chi connectivity index (χ1n) is 10.2. The van der Waals surface area contributed by atoms with Crippen molar-refractivity contribution in [2.24, 2.45) is 29.1 Å². The lowest BCUT2D eigenvalue weighted by atomic mass is 9.65. The highest BCUT2D eigenvalue weighted by molar-refractivity contribution is 5.87. The molecule has 2 aliphatic rings. The molecule has 2 aliphatic carbocycles. The smallest absolute Gasteiger partial charge is 0.463 e. The number of ketones is 1. The van der Waals surface area contributed by atoms with Gasteiger partial charge in [0.05, 0.1) is 6.54 Å². The molecule has 0 aromatic rings. The summed E-state index contributed by atoms with van der Waals surface area (Å²) in [6.45, 7) is 11.5. The summed E-state index contributed by atoms with van der Waals surface area (Å²) in [7, 11) is 0. The Morgan fingerprint density at radius 3 is 2.29 bits per heavy atom. The fraction of sp³-hybridized carbons (Fsp3) is 0.857. The van der Waals surface area contributed by atoms with Crippen molar-refractivity contribution < 1.29 is 29.1 Å². The quantitative estimate of drug-likeness (QED) is 0.524. The lowest BCUT2D eigenvalue weighted by Gasteiger charge is -2.39. The highest BCUT2D eigenvalue weighted by Gasteiger charge is 2.51. The molecule has 2 saturated carbocycles. The van der Waals surface area contributed by atoms with Crippen LogP contribution in [0.1, 0.15) is 73.6 Å². The van der Waals surface area contributed by atoms with Gasteiger partial charge in [0.2, 0.25) is 0 Å². The van der Waals surface area contributed by atoms with E-state index in [4.69, 9.17) is 9.57 Å². The lowest BCUT2D eigenvalue weighted by Crippen LogP contribution is -2.38. The number of amides is 1. The Hall–Kier alpha value is -1.79. The summed E-state index contributed by atoms with van der Waals surface area (Å²) >= 11 is 0. The average Bonchev–Trinajstić information content (AvgIpc) is 3.09. The highest BCUT2D eigenvalue weighted by atomic mass is 16.8. The normalized spacial score (nSPS) is 25.5. The van der Waals surface area contributed by atoms with E-state index in [9.17, 15) is 19.5 Å². The number of ether oxygens (including phenoxy) is 1. The summed E-state index contributed by atoms with van der Waals surface area (Å²) < 4.78 is 5.02. The minimum atomic E-state index is -1.34. The van der Waals surface area contributed by atoms with E-state index in [2.05, 4.69) is 20.8 Å². The van der Waals surface area contributed by atoms with Gasteiger partial charge in [0.1, 0.15) is 11.4 Å². The fourth-order valence-corrected chi connectivity index (χ4v) is 4.78. The molecular formula is C21H35NO6. The number of hydroxylamine groups is 2. The molecule has 0 aliphatic heterocycles. The maximum absolute atomic E-state index is 12.7. The van der Waals surface area contributed by atoms with Gasteiger partial charge in [-0.25, -0.2) is 9.59 Å². The summed E-state index contributed by atoms with van der Waals surface area (Å²) in [5, 5.41) is 9.95.